The third-order valence-electron chi connectivity index (χ3n) is 9.02. The Kier molecular flexibility index (Phi) is 8.91. The van der Waals surface area contributed by atoms with Gasteiger partial charge in [-0.2, -0.15) is 4.31 Å². The lowest BCUT2D eigenvalue weighted by atomic mass is 9.82. The first-order valence-corrected chi connectivity index (χ1v) is 17.4. The Morgan fingerprint density at radius 1 is 1.20 bits per heavy atom. The number of pyridine rings is 1. The second-order valence-electron chi connectivity index (χ2n) is 11.9. The number of thiophene rings is 1. The lowest BCUT2D eigenvalue weighted by Crippen LogP contribution is -2.60. The highest BCUT2D eigenvalue weighted by atomic mass is 32.2. The summed E-state index contributed by atoms with van der Waals surface area (Å²) in [5.74, 6) is -0.947. The molecule has 2 aromatic rings. The van der Waals surface area contributed by atoms with Crippen LogP contribution in [0.4, 0.5) is 15.9 Å². The molecule has 236 valence electrons. The molecule has 2 aliphatic heterocycles. The lowest BCUT2D eigenvalue weighted by molar-refractivity contribution is -0.121. The van der Waals surface area contributed by atoms with Gasteiger partial charge in [0.2, 0.25) is 15.9 Å². The van der Waals surface area contributed by atoms with E-state index in [2.05, 4.69) is 9.88 Å². The maximum atomic E-state index is 14.0. The van der Waals surface area contributed by atoms with Crippen LogP contribution in [-0.2, 0) is 19.6 Å². The molecule has 10 nitrogen and oxygen atoms in total. The second-order valence-corrected chi connectivity index (χ2v) is 14.9. The fraction of sp³-hybridized carbons (Fsp3) is 0.516. The smallest absolute Gasteiger partial charge is 0.348 e. The summed E-state index contributed by atoms with van der Waals surface area (Å²) >= 11 is 1.05. The van der Waals surface area contributed by atoms with E-state index in [-0.39, 0.29) is 40.4 Å². The topological polar surface area (TPSA) is 120 Å². The number of carbonyl (C=O) groups excluding carboxylic acids is 1. The maximum absolute atomic E-state index is 14.0. The van der Waals surface area contributed by atoms with Crippen molar-refractivity contribution in [2.75, 3.05) is 42.6 Å². The normalized spacial score (nSPS) is 25.7. The van der Waals surface area contributed by atoms with E-state index in [0.717, 1.165) is 43.4 Å². The molecule has 44 heavy (non-hydrogen) atoms. The zero-order valence-electron chi connectivity index (χ0n) is 24.6. The number of carboxylic acids is 1. The van der Waals surface area contributed by atoms with Gasteiger partial charge in [0, 0.05) is 30.6 Å². The van der Waals surface area contributed by atoms with E-state index < -0.39 is 40.7 Å². The molecule has 0 bridgehead atoms. The Hall–Kier alpha value is -3.13. The second kappa shape index (κ2) is 12.7. The first-order chi connectivity index (χ1) is 21.1. The SMILES string of the molecule is C[C@@H]1COCCN1c1ccc(S(=O)(=O)N2CC(=O)N(c3cc(C4=CCC(F)C=C4)sc3C(=O)O)[C@H](C3CCCCC3)C2)cn1. The third-order valence-corrected chi connectivity index (χ3v) is 12.0. The quantitative estimate of drug-likeness (QED) is 0.459. The molecule has 3 fully saturated rings. The Morgan fingerprint density at radius 2 is 2.00 bits per heavy atom. The van der Waals surface area contributed by atoms with E-state index in [1.54, 1.807) is 24.3 Å². The number of aromatic carboxylic acids is 1. The molecule has 3 atom stereocenters. The van der Waals surface area contributed by atoms with Crippen molar-refractivity contribution >= 4 is 50.3 Å². The number of aromatic nitrogens is 1. The number of sulfonamides is 1. The van der Waals surface area contributed by atoms with E-state index in [0.29, 0.717) is 36.0 Å². The predicted molar refractivity (Wildman–Crippen MR) is 166 cm³/mol. The highest BCUT2D eigenvalue weighted by Gasteiger charge is 2.44. The van der Waals surface area contributed by atoms with Crippen LogP contribution < -0.4 is 9.80 Å². The molecule has 4 heterocycles. The molecule has 0 radical (unpaired) electrons. The zero-order chi connectivity index (χ0) is 31.0. The minimum absolute atomic E-state index is 0.0111. The molecule has 6 rings (SSSR count). The van der Waals surface area contributed by atoms with Crippen LogP contribution >= 0.6 is 11.3 Å². The number of carbonyl (C=O) groups is 2. The fourth-order valence-electron chi connectivity index (χ4n) is 6.69. The third kappa shape index (κ3) is 6.07. The van der Waals surface area contributed by atoms with Gasteiger partial charge in [0.15, 0.2) is 0 Å². The summed E-state index contributed by atoms with van der Waals surface area (Å²) in [4.78, 5) is 35.1. The fourth-order valence-corrected chi connectivity index (χ4v) is 9.05. The summed E-state index contributed by atoms with van der Waals surface area (Å²) < 4.78 is 48.3. The van der Waals surface area contributed by atoms with Gasteiger partial charge in [0.1, 0.15) is 21.8 Å². The summed E-state index contributed by atoms with van der Waals surface area (Å²) in [6.45, 7) is 3.46. The van der Waals surface area contributed by atoms with Crippen LogP contribution in [0.5, 0.6) is 0 Å². The molecule has 2 aliphatic carbocycles. The molecule has 2 saturated heterocycles. The minimum atomic E-state index is -4.06. The zero-order valence-corrected chi connectivity index (χ0v) is 26.2. The standard InChI is InChI=1S/C31H37FN4O6S2/c1-20-19-42-14-13-35(20)28-12-11-24(16-33-28)44(40,41)34-17-26(21-5-3-2-4-6-21)36(29(37)18-34)25-15-27(43-30(25)31(38)39)22-7-9-23(32)10-8-22/h7-9,11-12,15-16,20-21,23,26H,2-6,10,13-14,17-19H2,1H3,(H,38,39)/t20-,23?,26+/m1/s1. The number of carboxylic acid groups (broad SMARTS) is 1. The minimum Gasteiger partial charge on any atom is -0.477 e. The summed E-state index contributed by atoms with van der Waals surface area (Å²) in [5, 5.41) is 10.1. The van der Waals surface area contributed by atoms with Crippen molar-refractivity contribution in [1.82, 2.24) is 9.29 Å². The number of rotatable bonds is 7. The molecular formula is C31H37FN4O6S2. The molecule has 0 spiro atoms. The molecule has 13 heteroatoms. The van der Waals surface area contributed by atoms with Crippen molar-refractivity contribution in [3.63, 3.8) is 0 Å². The lowest BCUT2D eigenvalue weighted by Gasteiger charge is -2.44. The van der Waals surface area contributed by atoms with Gasteiger partial charge >= 0.3 is 5.97 Å². The monoisotopic (exact) mass is 644 g/mol. The number of amides is 1. The summed E-state index contributed by atoms with van der Waals surface area (Å²) in [5.41, 5.74) is 0.986. The molecule has 1 N–H and O–H groups in total. The average Bonchev–Trinajstić information content (AvgIpc) is 3.47. The van der Waals surface area contributed by atoms with Crippen molar-refractivity contribution in [2.24, 2.45) is 5.92 Å². The van der Waals surface area contributed by atoms with Crippen LogP contribution in [0.3, 0.4) is 0 Å². The number of hydrogen-bond acceptors (Lipinski definition) is 8. The van der Waals surface area contributed by atoms with Crippen molar-refractivity contribution < 1.29 is 32.2 Å². The van der Waals surface area contributed by atoms with Crippen molar-refractivity contribution in [1.29, 1.82) is 0 Å². The van der Waals surface area contributed by atoms with E-state index in [1.807, 2.05) is 6.92 Å². The van der Waals surface area contributed by atoms with Crippen LogP contribution in [0.25, 0.3) is 5.57 Å². The van der Waals surface area contributed by atoms with Crippen LogP contribution in [0.2, 0.25) is 0 Å². The molecule has 2 aromatic heterocycles. The largest absolute Gasteiger partial charge is 0.477 e. The molecular weight excluding hydrogens is 607 g/mol. The molecule has 4 aliphatic rings. The number of allylic oxidation sites excluding steroid dienone is 4. The molecule has 1 saturated carbocycles. The van der Waals surface area contributed by atoms with Gasteiger partial charge in [-0.1, -0.05) is 31.4 Å². The first-order valence-electron chi connectivity index (χ1n) is 15.2. The molecule has 1 unspecified atom stereocenters. The first kappa shape index (κ1) is 30.9. The molecule has 0 aromatic carbocycles. The van der Waals surface area contributed by atoms with E-state index >= 15 is 0 Å². The number of halogens is 1. The highest BCUT2D eigenvalue weighted by molar-refractivity contribution is 7.89. The highest BCUT2D eigenvalue weighted by Crippen LogP contribution is 2.41. The van der Waals surface area contributed by atoms with Gasteiger partial charge in [0.25, 0.3) is 0 Å². The Labute approximate surface area is 260 Å². The van der Waals surface area contributed by atoms with Crippen LogP contribution in [0.15, 0.2) is 47.5 Å². The van der Waals surface area contributed by atoms with Crippen molar-refractivity contribution in [3.8, 4) is 0 Å². The Balaban J connectivity index is 1.31. The van der Waals surface area contributed by atoms with Gasteiger partial charge in [0.05, 0.1) is 37.5 Å². The maximum Gasteiger partial charge on any atom is 0.348 e. The number of ether oxygens (including phenoxy) is 1. The van der Waals surface area contributed by atoms with Crippen molar-refractivity contribution in [2.45, 2.75) is 68.6 Å². The van der Waals surface area contributed by atoms with Crippen molar-refractivity contribution in [3.05, 3.63) is 52.4 Å². The van der Waals surface area contributed by atoms with Crippen LogP contribution in [0, 0.1) is 5.92 Å². The van der Waals surface area contributed by atoms with E-state index in [9.17, 15) is 27.5 Å². The number of morpholine rings is 1. The number of hydrogen-bond donors (Lipinski definition) is 1. The van der Waals surface area contributed by atoms with Gasteiger partial charge in [-0.25, -0.2) is 22.6 Å². The summed E-state index contributed by atoms with van der Waals surface area (Å²) in [6.07, 6.45) is 9.91. The van der Waals surface area contributed by atoms with Gasteiger partial charge in [-0.15, -0.1) is 11.3 Å². The van der Waals surface area contributed by atoms with Gasteiger partial charge < -0.3 is 19.6 Å². The summed E-state index contributed by atoms with van der Waals surface area (Å²) in [6, 6.07) is 4.50. The number of anilines is 2. The predicted octanol–water partition coefficient (Wildman–Crippen LogP) is 4.73. The van der Waals surface area contributed by atoms with E-state index in [4.69, 9.17) is 4.74 Å². The number of alkyl halides is 1. The van der Waals surface area contributed by atoms with Crippen LogP contribution in [0.1, 0.15) is 60.0 Å². The van der Waals surface area contributed by atoms with Gasteiger partial charge in [-0.05, 0) is 55.5 Å². The van der Waals surface area contributed by atoms with Gasteiger partial charge in [-0.3, -0.25) is 4.79 Å². The Morgan fingerprint density at radius 3 is 2.66 bits per heavy atom. The summed E-state index contributed by atoms with van der Waals surface area (Å²) in [7, 11) is -4.06. The number of nitrogens with zero attached hydrogens (tertiary/aromatic N) is 4. The van der Waals surface area contributed by atoms with E-state index in [1.165, 1.54) is 27.5 Å². The van der Waals surface area contributed by atoms with Crippen LogP contribution in [-0.4, -0.2) is 85.8 Å². The molecule has 1 amide bonds. The Bertz CT molecular complexity index is 1570. The number of piperazine rings is 1. The average molecular weight is 645 g/mol.